The predicted molar refractivity (Wildman–Crippen MR) is 66.5 cm³/mol. The normalized spacial score (nSPS) is 13.4. The molecule has 4 heteroatoms. The van der Waals surface area contributed by atoms with E-state index in [-0.39, 0.29) is 6.04 Å². The molecule has 0 aliphatic rings. The van der Waals surface area contributed by atoms with Gasteiger partial charge in [-0.3, -0.25) is 10.3 Å². The van der Waals surface area contributed by atoms with Crippen LogP contribution in [0.4, 0.5) is 0 Å². The van der Waals surface area contributed by atoms with Crippen molar-refractivity contribution in [1.29, 1.82) is 5.26 Å². The quantitative estimate of drug-likeness (QED) is 0.371. The van der Waals surface area contributed by atoms with E-state index in [0.29, 0.717) is 5.84 Å². The highest BCUT2D eigenvalue weighted by molar-refractivity contribution is 5.81. The summed E-state index contributed by atoms with van der Waals surface area (Å²) in [5.41, 5.74) is 0.857. The lowest BCUT2D eigenvalue weighted by Gasteiger charge is -2.03. The molecule has 1 aromatic carbocycles. The molecule has 86 valence electrons. The molecule has 0 unspecified atom stereocenters. The van der Waals surface area contributed by atoms with Crippen LogP contribution in [-0.2, 0) is 0 Å². The third-order valence-electron chi connectivity index (χ3n) is 2.48. The van der Waals surface area contributed by atoms with Crippen molar-refractivity contribution in [3.05, 3.63) is 36.1 Å². The first-order valence-electron chi connectivity index (χ1n) is 5.38. The molecule has 4 nitrogen and oxygen atoms in total. The second-order valence-corrected chi connectivity index (χ2v) is 3.81. The van der Waals surface area contributed by atoms with Crippen LogP contribution in [0.5, 0.6) is 0 Å². The van der Waals surface area contributed by atoms with E-state index in [4.69, 9.17) is 9.68 Å². The summed E-state index contributed by atoms with van der Waals surface area (Å²) in [4.78, 5) is 4.32. The number of benzene rings is 1. The van der Waals surface area contributed by atoms with Crippen LogP contribution in [-0.4, -0.2) is 5.84 Å². The second-order valence-electron chi connectivity index (χ2n) is 3.81. The molecule has 0 aliphatic carbocycles. The fraction of sp³-hybridized carbons (Fsp3) is 0.231. The van der Waals surface area contributed by atoms with Gasteiger partial charge < -0.3 is 4.42 Å². The second kappa shape index (κ2) is 4.71. The fourth-order valence-electron chi connectivity index (χ4n) is 1.68. The van der Waals surface area contributed by atoms with E-state index in [1.165, 1.54) is 0 Å². The summed E-state index contributed by atoms with van der Waals surface area (Å²) in [6.45, 7) is 3.68. The molecule has 0 fully saturated rings. The highest BCUT2D eigenvalue weighted by Gasteiger charge is 2.10. The molecule has 1 aromatic heterocycles. The number of nitrogens with one attached hydrogen (secondary N) is 1. The summed E-state index contributed by atoms with van der Waals surface area (Å²) in [6.07, 6.45) is 1.84. The highest BCUT2D eigenvalue weighted by atomic mass is 16.3. The Morgan fingerprint density at radius 2 is 2.24 bits per heavy atom. The van der Waals surface area contributed by atoms with E-state index in [0.717, 1.165) is 16.7 Å². The maximum Gasteiger partial charge on any atom is 0.182 e. The number of rotatable bonds is 2. The highest BCUT2D eigenvalue weighted by Crippen LogP contribution is 2.25. The summed E-state index contributed by atoms with van der Waals surface area (Å²) in [7, 11) is 0. The van der Waals surface area contributed by atoms with Gasteiger partial charge in [-0.1, -0.05) is 18.2 Å². The van der Waals surface area contributed by atoms with E-state index in [1.807, 2.05) is 43.4 Å². The molecule has 2 rings (SSSR count). The Morgan fingerprint density at radius 1 is 1.47 bits per heavy atom. The van der Waals surface area contributed by atoms with E-state index in [1.54, 1.807) is 6.92 Å². The zero-order valence-corrected chi connectivity index (χ0v) is 9.77. The first-order chi connectivity index (χ1) is 8.20. The Kier molecular flexibility index (Phi) is 3.10. The Balaban J connectivity index is 2.28. The summed E-state index contributed by atoms with van der Waals surface area (Å²) >= 11 is 0. The first kappa shape index (κ1) is 11.2. The minimum atomic E-state index is -0.108. The Bertz CT molecular complexity index is 559. The molecule has 0 aliphatic heterocycles. The van der Waals surface area contributed by atoms with E-state index in [9.17, 15) is 0 Å². The molecule has 0 saturated carbocycles. The van der Waals surface area contributed by atoms with Crippen LogP contribution in [0.25, 0.3) is 11.0 Å². The van der Waals surface area contributed by atoms with Crippen LogP contribution < -0.4 is 5.32 Å². The van der Waals surface area contributed by atoms with Gasteiger partial charge in [-0.15, -0.1) is 0 Å². The van der Waals surface area contributed by atoms with Gasteiger partial charge in [0.25, 0.3) is 0 Å². The Morgan fingerprint density at radius 3 is 2.94 bits per heavy atom. The fourth-order valence-corrected chi connectivity index (χ4v) is 1.68. The van der Waals surface area contributed by atoms with Gasteiger partial charge >= 0.3 is 0 Å². The zero-order valence-electron chi connectivity index (χ0n) is 9.77. The van der Waals surface area contributed by atoms with Crippen LogP contribution >= 0.6 is 0 Å². The molecule has 1 heterocycles. The number of aliphatic imine (C=N–C) groups is 1. The number of amidine groups is 1. The monoisotopic (exact) mass is 227 g/mol. The summed E-state index contributed by atoms with van der Waals surface area (Å²) in [5, 5.41) is 12.0. The molecule has 2 aromatic rings. The third kappa shape index (κ3) is 2.45. The molecule has 0 spiro atoms. The Labute approximate surface area is 99.6 Å². The lowest BCUT2D eigenvalue weighted by molar-refractivity contribution is 0.513. The van der Waals surface area contributed by atoms with Gasteiger partial charge in [0, 0.05) is 5.39 Å². The van der Waals surface area contributed by atoms with Crippen LogP contribution in [0.1, 0.15) is 25.6 Å². The number of nitrogens with zero attached hydrogens (tertiary/aromatic N) is 2. The van der Waals surface area contributed by atoms with E-state index < -0.39 is 0 Å². The standard InChI is InChI=1S/C13H13N3O/c1-9(16-10(2)15-8-14)13-7-11-5-3-4-6-12(11)17-13/h3-7,9H,1-2H3,(H,15,16)/t9-/m1/s1. The van der Waals surface area contributed by atoms with Crippen molar-refractivity contribution < 1.29 is 4.42 Å². The number of furan rings is 1. The minimum Gasteiger partial charge on any atom is -0.459 e. The molecule has 17 heavy (non-hydrogen) atoms. The van der Waals surface area contributed by atoms with Crippen molar-refractivity contribution in [2.75, 3.05) is 0 Å². The van der Waals surface area contributed by atoms with E-state index in [2.05, 4.69) is 10.3 Å². The first-order valence-corrected chi connectivity index (χ1v) is 5.38. The molecular weight excluding hydrogens is 214 g/mol. The topological polar surface area (TPSA) is 61.3 Å². The number of hydrogen-bond acceptors (Lipinski definition) is 3. The number of fused-ring (bicyclic) bond motifs is 1. The van der Waals surface area contributed by atoms with Gasteiger partial charge in [0.2, 0.25) is 0 Å². The van der Waals surface area contributed by atoms with Gasteiger partial charge in [-0.2, -0.15) is 5.26 Å². The van der Waals surface area contributed by atoms with Crippen molar-refractivity contribution in [2.24, 2.45) is 4.99 Å². The van der Waals surface area contributed by atoms with Gasteiger partial charge in [-0.05, 0) is 26.0 Å². The van der Waals surface area contributed by atoms with Crippen molar-refractivity contribution >= 4 is 16.8 Å². The van der Waals surface area contributed by atoms with Crippen LogP contribution in [0.2, 0.25) is 0 Å². The minimum absolute atomic E-state index is 0.108. The maximum atomic E-state index is 8.47. The molecule has 0 saturated heterocycles. The lowest BCUT2D eigenvalue weighted by atomic mass is 10.2. The molecule has 1 atom stereocenters. The third-order valence-corrected chi connectivity index (χ3v) is 2.48. The summed E-state index contributed by atoms with van der Waals surface area (Å²) < 4.78 is 5.69. The van der Waals surface area contributed by atoms with Crippen LogP contribution in [0, 0.1) is 11.5 Å². The van der Waals surface area contributed by atoms with Crippen molar-refractivity contribution in [1.82, 2.24) is 5.32 Å². The number of para-hydroxylation sites is 1. The summed E-state index contributed by atoms with van der Waals surface area (Å²) in [6, 6.07) is 9.70. The van der Waals surface area contributed by atoms with Crippen molar-refractivity contribution in [3.63, 3.8) is 0 Å². The van der Waals surface area contributed by atoms with Gasteiger partial charge in [0.05, 0.1) is 0 Å². The predicted octanol–water partition coefficient (Wildman–Crippen LogP) is 2.98. The molecule has 0 radical (unpaired) electrons. The Hall–Kier alpha value is -2.28. The SMILES string of the molecule is CC(=N[C@H](C)c1cc2ccccc2o1)NC#N. The summed E-state index contributed by atoms with van der Waals surface area (Å²) in [5.74, 6) is 1.38. The molecule has 0 bridgehead atoms. The lowest BCUT2D eigenvalue weighted by Crippen LogP contribution is -2.14. The molecule has 0 amide bonds. The van der Waals surface area contributed by atoms with Crippen LogP contribution in [0.15, 0.2) is 39.7 Å². The van der Waals surface area contributed by atoms with Gasteiger partial charge in [-0.25, -0.2) is 0 Å². The largest absolute Gasteiger partial charge is 0.459 e. The molecule has 1 N–H and O–H groups in total. The van der Waals surface area contributed by atoms with Gasteiger partial charge in [0.1, 0.15) is 23.2 Å². The van der Waals surface area contributed by atoms with Gasteiger partial charge in [0.15, 0.2) is 6.19 Å². The molecular formula is C13H13N3O. The van der Waals surface area contributed by atoms with Crippen LogP contribution in [0.3, 0.4) is 0 Å². The van der Waals surface area contributed by atoms with E-state index >= 15 is 0 Å². The van der Waals surface area contributed by atoms with Crippen molar-refractivity contribution in [2.45, 2.75) is 19.9 Å². The average Bonchev–Trinajstić information content (AvgIpc) is 2.72. The number of nitriles is 1. The smallest absolute Gasteiger partial charge is 0.182 e. The number of hydrogen-bond donors (Lipinski definition) is 1. The average molecular weight is 227 g/mol. The zero-order chi connectivity index (χ0) is 12.3. The maximum absolute atomic E-state index is 8.47. The van der Waals surface area contributed by atoms with Crippen molar-refractivity contribution in [3.8, 4) is 6.19 Å².